The standard InChI is InChI=1S/C22H25N3O2S/c26-20(22(11-3-4-12-22)19-10-6-14-28-19)23-15-16-7-5-13-25(16)21-24-17-8-1-2-9-18(17)27-21/h1-2,6,8-10,14,16H,3-5,7,11-13,15H2,(H,23,26). The first-order valence-electron chi connectivity index (χ1n) is 10.2. The number of rotatable bonds is 5. The van der Waals surface area contributed by atoms with Crippen molar-refractivity contribution in [2.45, 2.75) is 50.0 Å². The number of para-hydroxylation sites is 2. The molecule has 1 saturated heterocycles. The van der Waals surface area contributed by atoms with Crippen molar-refractivity contribution in [1.82, 2.24) is 10.3 Å². The lowest BCUT2D eigenvalue weighted by atomic mass is 9.83. The zero-order valence-electron chi connectivity index (χ0n) is 15.9. The molecule has 1 unspecified atom stereocenters. The number of carbonyl (C=O) groups excluding carboxylic acids is 1. The average Bonchev–Trinajstić information content (AvgIpc) is 3.51. The Morgan fingerprint density at radius 2 is 2.07 bits per heavy atom. The monoisotopic (exact) mass is 395 g/mol. The van der Waals surface area contributed by atoms with Crippen LogP contribution in [0.4, 0.5) is 6.01 Å². The summed E-state index contributed by atoms with van der Waals surface area (Å²) in [5.74, 6) is 0.192. The van der Waals surface area contributed by atoms with E-state index in [1.807, 2.05) is 24.3 Å². The molecule has 2 aliphatic rings. The van der Waals surface area contributed by atoms with Gasteiger partial charge in [0.2, 0.25) is 5.91 Å². The van der Waals surface area contributed by atoms with E-state index in [-0.39, 0.29) is 17.4 Å². The molecule has 1 aliphatic heterocycles. The molecule has 3 aromatic rings. The van der Waals surface area contributed by atoms with Crippen LogP contribution >= 0.6 is 11.3 Å². The Balaban J connectivity index is 1.31. The van der Waals surface area contributed by atoms with Gasteiger partial charge in [-0.15, -0.1) is 11.3 Å². The highest BCUT2D eigenvalue weighted by Gasteiger charge is 2.43. The molecular formula is C22H25N3O2S. The molecule has 5 rings (SSSR count). The largest absolute Gasteiger partial charge is 0.423 e. The average molecular weight is 396 g/mol. The lowest BCUT2D eigenvalue weighted by Crippen LogP contribution is -2.47. The number of benzene rings is 1. The van der Waals surface area contributed by atoms with Gasteiger partial charge in [0.05, 0.1) is 11.5 Å². The van der Waals surface area contributed by atoms with Gasteiger partial charge in [0, 0.05) is 18.0 Å². The number of aromatic nitrogens is 1. The zero-order chi connectivity index (χ0) is 19.0. The van der Waals surface area contributed by atoms with Gasteiger partial charge in [-0.05, 0) is 49.3 Å². The van der Waals surface area contributed by atoms with Crippen LogP contribution in [0.1, 0.15) is 43.4 Å². The maximum Gasteiger partial charge on any atom is 0.298 e. The molecule has 146 valence electrons. The van der Waals surface area contributed by atoms with Crippen LogP contribution < -0.4 is 10.2 Å². The van der Waals surface area contributed by atoms with Crippen molar-refractivity contribution in [2.24, 2.45) is 0 Å². The fourth-order valence-electron chi connectivity index (χ4n) is 4.78. The van der Waals surface area contributed by atoms with Crippen molar-refractivity contribution < 1.29 is 9.21 Å². The third kappa shape index (κ3) is 3.00. The number of fused-ring (bicyclic) bond motifs is 1. The van der Waals surface area contributed by atoms with Crippen LogP contribution in [0.2, 0.25) is 0 Å². The van der Waals surface area contributed by atoms with E-state index in [2.05, 4.69) is 32.7 Å². The minimum Gasteiger partial charge on any atom is -0.423 e. The maximum absolute atomic E-state index is 13.2. The van der Waals surface area contributed by atoms with Crippen LogP contribution in [-0.4, -0.2) is 30.0 Å². The van der Waals surface area contributed by atoms with Crippen molar-refractivity contribution in [1.29, 1.82) is 0 Å². The van der Waals surface area contributed by atoms with Crippen LogP contribution in [0.3, 0.4) is 0 Å². The Hall–Kier alpha value is -2.34. The lowest BCUT2D eigenvalue weighted by Gasteiger charge is -2.29. The van der Waals surface area contributed by atoms with Crippen LogP contribution in [-0.2, 0) is 10.2 Å². The second-order valence-corrected chi connectivity index (χ2v) is 8.88. The van der Waals surface area contributed by atoms with E-state index < -0.39 is 0 Å². The van der Waals surface area contributed by atoms with Crippen LogP contribution in [0.5, 0.6) is 0 Å². The summed E-state index contributed by atoms with van der Waals surface area (Å²) in [5.41, 5.74) is 1.37. The summed E-state index contributed by atoms with van der Waals surface area (Å²) in [5, 5.41) is 5.36. The van der Waals surface area contributed by atoms with E-state index in [4.69, 9.17) is 4.42 Å². The topological polar surface area (TPSA) is 58.4 Å². The van der Waals surface area contributed by atoms with Gasteiger partial charge >= 0.3 is 0 Å². The highest BCUT2D eigenvalue weighted by Crippen LogP contribution is 2.43. The van der Waals surface area contributed by atoms with Gasteiger partial charge in [0.25, 0.3) is 6.01 Å². The van der Waals surface area contributed by atoms with Gasteiger partial charge in [0.15, 0.2) is 5.58 Å². The molecule has 0 spiro atoms. The van der Waals surface area contributed by atoms with Crippen LogP contribution in [0.15, 0.2) is 46.2 Å². The van der Waals surface area contributed by atoms with Crippen molar-refractivity contribution in [3.63, 3.8) is 0 Å². The third-order valence-corrected chi connectivity index (χ3v) is 7.36. The quantitative estimate of drug-likeness (QED) is 0.692. The molecule has 1 N–H and O–H groups in total. The van der Waals surface area contributed by atoms with Gasteiger partial charge in [0.1, 0.15) is 5.52 Å². The Morgan fingerprint density at radius 1 is 1.21 bits per heavy atom. The van der Waals surface area contributed by atoms with Crippen molar-refractivity contribution >= 4 is 34.4 Å². The maximum atomic E-state index is 13.2. The predicted molar refractivity (Wildman–Crippen MR) is 112 cm³/mol. The van der Waals surface area contributed by atoms with E-state index in [1.165, 1.54) is 4.88 Å². The van der Waals surface area contributed by atoms with E-state index >= 15 is 0 Å². The van der Waals surface area contributed by atoms with Crippen LogP contribution in [0.25, 0.3) is 11.1 Å². The minimum atomic E-state index is -0.324. The molecule has 3 heterocycles. The van der Waals surface area contributed by atoms with Gasteiger partial charge in [-0.1, -0.05) is 31.0 Å². The fraction of sp³-hybridized carbons (Fsp3) is 0.455. The van der Waals surface area contributed by atoms with Crippen LogP contribution in [0, 0.1) is 0 Å². The van der Waals surface area contributed by atoms with Gasteiger partial charge in [-0.25, -0.2) is 0 Å². The van der Waals surface area contributed by atoms with E-state index in [0.29, 0.717) is 12.6 Å². The number of nitrogens with zero attached hydrogens (tertiary/aromatic N) is 2. The van der Waals surface area contributed by atoms with Crippen molar-refractivity contribution in [3.05, 3.63) is 46.7 Å². The molecule has 0 radical (unpaired) electrons. The number of anilines is 1. The normalized spacial score (nSPS) is 21.4. The number of amides is 1. The Morgan fingerprint density at radius 3 is 2.86 bits per heavy atom. The molecule has 6 heteroatoms. The molecule has 2 aromatic heterocycles. The number of thiophene rings is 1. The predicted octanol–water partition coefficient (Wildman–Crippen LogP) is 4.49. The second kappa shape index (κ2) is 7.24. The summed E-state index contributed by atoms with van der Waals surface area (Å²) < 4.78 is 5.97. The Kier molecular flexibility index (Phi) is 4.59. The van der Waals surface area contributed by atoms with E-state index in [9.17, 15) is 4.79 Å². The number of hydrogen-bond acceptors (Lipinski definition) is 5. The first-order valence-corrected chi connectivity index (χ1v) is 11.1. The summed E-state index contributed by atoms with van der Waals surface area (Å²) >= 11 is 1.71. The lowest BCUT2D eigenvalue weighted by molar-refractivity contribution is -0.126. The molecule has 1 saturated carbocycles. The summed E-state index contributed by atoms with van der Waals surface area (Å²) in [4.78, 5) is 21.3. The first-order chi connectivity index (χ1) is 13.8. The third-order valence-electron chi connectivity index (χ3n) is 6.29. The highest BCUT2D eigenvalue weighted by molar-refractivity contribution is 7.10. The number of carbonyl (C=O) groups is 1. The van der Waals surface area contributed by atoms with E-state index in [0.717, 1.165) is 56.2 Å². The SMILES string of the molecule is O=C(NCC1CCCN1c1nc2ccccc2o1)C1(c2cccs2)CCCC1. The van der Waals surface area contributed by atoms with Crippen molar-refractivity contribution in [2.75, 3.05) is 18.0 Å². The molecule has 28 heavy (non-hydrogen) atoms. The summed E-state index contributed by atoms with van der Waals surface area (Å²) in [7, 11) is 0. The van der Waals surface area contributed by atoms with E-state index in [1.54, 1.807) is 11.3 Å². The zero-order valence-corrected chi connectivity index (χ0v) is 16.7. The van der Waals surface area contributed by atoms with Gasteiger partial charge in [-0.2, -0.15) is 4.98 Å². The molecule has 1 aliphatic carbocycles. The molecule has 5 nitrogen and oxygen atoms in total. The van der Waals surface area contributed by atoms with Gasteiger partial charge in [-0.3, -0.25) is 4.79 Å². The molecular weight excluding hydrogens is 370 g/mol. The fourth-order valence-corrected chi connectivity index (χ4v) is 5.76. The highest BCUT2D eigenvalue weighted by atomic mass is 32.1. The molecule has 1 atom stereocenters. The Bertz CT molecular complexity index is 926. The second-order valence-electron chi connectivity index (χ2n) is 7.93. The number of hydrogen-bond donors (Lipinski definition) is 1. The molecule has 2 fully saturated rings. The smallest absolute Gasteiger partial charge is 0.298 e. The molecule has 1 aromatic carbocycles. The summed E-state index contributed by atoms with van der Waals surface area (Å²) in [6, 6.07) is 12.9. The number of oxazole rings is 1. The minimum absolute atomic E-state index is 0.192. The van der Waals surface area contributed by atoms with Crippen molar-refractivity contribution in [3.8, 4) is 0 Å². The number of nitrogens with one attached hydrogen (secondary N) is 1. The first kappa shape index (κ1) is 17.7. The Labute approximate surface area is 168 Å². The molecule has 0 bridgehead atoms. The summed E-state index contributed by atoms with van der Waals surface area (Å²) in [6.07, 6.45) is 6.31. The molecule has 1 amide bonds. The van der Waals surface area contributed by atoms with Gasteiger partial charge < -0.3 is 14.6 Å². The summed E-state index contributed by atoms with van der Waals surface area (Å²) in [6.45, 7) is 1.56.